The maximum Gasteiger partial charge on any atom is 0.337 e. The minimum Gasteiger partial charge on any atom is -0.466 e. The van der Waals surface area contributed by atoms with Gasteiger partial charge in [0.15, 0.2) is 5.78 Å². The summed E-state index contributed by atoms with van der Waals surface area (Å²) < 4.78 is 15.8. The average molecular weight is 308 g/mol. The fourth-order valence-corrected chi connectivity index (χ4v) is 4.32. The minimum absolute atomic E-state index is 0.0396. The van der Waals surface area contributed by atoms with E-state index >= 15 is 0 Å². The molecule has 2 heterocycles. The van der Waals surface area contributed by atoms with Crippen LogP contribution in [0.2, 0.25) is 0 Å². The standard InChI is InChI=1S/C16H20O6/c1-8-4-5-9-6-7-10(17)13-11(14(18)20-2)12(15(19)21-3)16(8,9)22-13/h8-9,13H,4-7H2,1-3H3/t8?,9?,13-,16+/m0/s1. The van der Waals surface area contributed by atoms with Gasteiger partial charge in [-0.3, -0.25) is 4.79 Å². The van der Waals surface area contributed by atoms with Gasteiger partial charge in [-0.25, -0.2) is 9.59 Å². The van der Waals surface area contributed by atoms with Crippen molar-refractivity contribution in [3.8, 4) is 0 Å². The van der Waals surface area contributed by atoms with Crippen molar-refractivity contribution in [2.45, 2.75) is 44.3 Å². The normalized spacial score (nSPS) is 36.9. The molecule has 1 saturated heterocycles. The number of carbonyl (C=O) groups is 3. The summed E-state index contributed by atoms with van der Waals surface area (Å²) in [6, 6.07) is 0. The number of methoxy groups -OCH3 is 2. The number of fused-ring (bicyclic) bond motifs is 1. The first-order chi connectivity index (χ1) is 10.5. The zero-order valence-corrected chi connectivity index (χ0v) is 13.0. The highest BCUT2D eigenvalue weighted by molar-refractivity contribution is 6.09. The predicted octanol–water partition coefficient (Wildman–Crippen LogP) is 1.18. The Hall–Kier alpha value is -1.69. The molecule has 0 amide bonds. The van der Waals surface area contributed by atoms with E-state index in [4.69, 9.17) is 14.2 Å². The number of hydrogen-bond acceptors (Lipinski definition) is 6. The van der Waals surface area contributed by atoms with Gasteiger partial charge < -0.3 is 14.2 Å². The van der Waals surface area contributed by atoms with E-state index in [2.05, 4.69) is 0 Å². The summed E-state index contributed by atoms with van der Waals surface area (Å²) in [5.74, 6) is -1.36. The third kappa shape index (κ3) is 1.79. The Balaban J connectivity index is 2.26. The van der Waals surface area contributed by atoms with Gasteiger partial charge in [0.1, 0.15) is 11.7 Å². The summed E-state index contributed by atoms with van der Waals surface area (Å²) >= 11 is 0. The van der Waals surface area contributed by atoms with Gasteiger partial charge in [-0.05, 0) is 31.1 Å². The highest BCUT2D eigenvalue weighted by Gasteiger charge is 2.64. The van der Waals surface area contributed by atoms with Crippen molar-refractivity contribution >= 4 is 17.7 Å². The topological polar surface area (TPSA) is 78.9 Å². The van der Waals surface area contributed by atoms with E-state index in [1.807, 2.05) is 6.92 Å². The van der Waals surface area contributed by atoms with Crippen molar-refractivity contribution in [1.29, 1.82) is 0 Å². The molecule has 0 aromatic heterocycles. The van der Waals surface area contributed by atoms with Gasteiger partial charge in [-0.1, -0.05) is 6.92 Å². The molecule has 1 saturated carbocycles. The Kier molecular flexibility index (Phi) is 3.59. The van der Waals surface area contributed by atoms with E-state index in [1.54, 1.807) is 0 Å². The molecule has 120 valence electrons. The summed E-state index contributed by atoms with van der Waals surface area (Å²) in [4.78, 5) is 37.0. The van der Waals surface area contributed by atoms with Crippen molar-refractivity contribution in [3.05, 3.63) is 11.1 Å². The Labute approximate surface area is 128 Å². The smallest absolute Gasteiger partial charge is 0.337 e. The molecular weight excluding hydrogens is 288 g/mol. The lowest BCUT2D eigenvalue weighted by Gasteiger charge is -2.35. The number of carbonyl (C=O) groups excluding carboxylic acids is 3. The van der Waals surface area contributed by atoms with Gasteiger partial charge in [-0.15, -0.1) is 0 Å². The van der Waals surface area contributed by atoms with Crippen LogP contribution in [-0.2, 0) is 28.6 Å². The SMILES string of the molecule is COC(=O)C1=C(C(=O)OC)[C@]23O[C@H]1C(=O)CCC2CCC3C. The Morgan fingerprint density at radius 2 is 1.82 bits per heavy atom. The Morgan fingerprint density at radius 3 is 2.45 bits per heavy atom. The van der Waals surface area contributed by atoms with Crippen molar-refractivity contribution in [2.24, 2.45) is 11.8 Å². The van der Waals surface area contributed by atoms with E-state index in [0.29, 0.717) is 12.8 Å². The Bertz CT molecular complexity index is 577. The molecule has 4 atom stereocenters. The summed E-state index contributed by atoms with van der Waals surface area (Å²) in [6.45, 7) is 2.00. The zero-order valence-electron chi connectivity index (χ0n) is 13.0. The summed E-state index contributed by atoms with van der Waals surface area (Å²) in [6.07, 6.45) is 1.79. The maximum atomic E-state index is 12.4. The van der Waals surface area contributed by atoms with Gasteiger partial charge in [-0.2, -0.15) is 0 Å². The minimum atomic E-state index is -1.01. The highest BCUT2D eigenvalue weighted by Crippen LogP contribution is 2.57. The summed E-state index contributed by atoms with van der Waals surface area (Å²) in [5, 5.41) is 0. The van der Waals surface area contributed by atoms with Crippen LogP contribution in [0.1, 0.15) is 32.6 Å². The molecule has 6 nitrogen and oxygen atoms in total. The van der Waals surface area contributed by atoms with Crippen LogP contribution in [0.15, 0.2) is 11.1 Å². The number of esters is 2. The molecule has 3 aliphatic rings. The molecule has 2 aliphatic heterocycles. The lowest BCUT2D eigenvalue weighted by atomic mass is 9.74. The van der Waals surface area contributed by atoms with Gasteiger partial charge in [0, 0.05) is 6.42 Å². The van der Waals surface area contributed by atoms with E-state index in [-0.39, 0.29) is 28.8 Å². The molecule has 3 rings (SSSR count). The second-order valence-corrected chi connectivity index (χ2v) is 6.24. The lowest BCUT2D eigenvalue weighted by molar-refractivity contribution is -0.145. The Morgan fingerprint density at radius 1 is 1.14 bits per heavy atom. The van der Waals surface area contributed by atoms with Gasteiger partial charge in [0.2, 0.25) is 0 Å². The maximum absolute atomic E-state index is 12.4. The molecule has 0 N–H and O–H groups in total. The molecule has 6 heteroatoms. The van der Waals surface area contributed by atoms with Crippen LogP contribution >= 0.6 is 0 Å². The number of Topliss-reactive ketones (excluding diaryl/α,β-unsaturated/α-hetero) is 1. The third-order valence-electron chi connectivity index (χ3n) is 5.35. The number of ether oxygens (including phenoxy) is 3. The fourth-order valence-electron chi connectivity index (χ4n) is 4.32. The van der Waals surface area contributed by atoms with Crippen LogP contribution in [0.5, 0.6) is 0 Å². The quantitative estimate of drug-likeness (QED) is 0.713. The second kappa shape index (κ2) is 5.19. The molecule has 1 aliphatic carbocycles. The first kappa shape index (κ1) is 15.2. The fraction of sp³-hybridized carbons (Fsp3) is 0.688. The molecule has 0 aromatic rings. The van der Waals surface area contributed by atoms with E-state index < -0.39 is 23.6 Å². The van der Waals surface area contributed by atoms with Crippen molar-refractivity contribution < 1.29 is 28.6 Å². The van der Waals surface area contributed by atoms with Crippen molar-refractivity contribution in [2.75, 3.05) is 14.2 Å². The largest absolute Gasteiger partial charge is 0.466 e. The molecule has 2 fully saturated rings. The van der Waals surface area contributed by atoms with Crippen molar-refractivity contribution in [3.63, 3.8) is 0 Å². The highest BCUT2D eigenvalue weighted by atomic mass is 16.6. The molecule has 2 bridgehead atoms. The molecule has 0 radical (unpaired) electrons. The number of rotatable bonds is 2. The molecule has 2 unspecified atom stereocenters. The molecular formula is C16H20O6. The average Bonchev–Trinajstić information content (AvgIpc) is 2.98. The van der Waals surface area contributed by atoms with Crippen LogP contribution in [0.25, 0.3) is 0 Å². The van der Waals surface area contributed by atoms with Gasteiger partial charge in [0.05, 0.1) is 25.4 Å². The molecule has 1 spiro atoms. The monoisotopic (exact) mass is 308 g/mol. The second-order valence-electron chi connectivity index (χ2n) is 6.24. The number of hydrogen-bond donors (Lipinski definition) is 0. The van der Waals surface area contributed by atoms with Crippen LogP contribution in [0.3, 0.4) is 0 Å². The summed E-state index contributed by atoms with van der Waals surface area (Å²) in [7, 11) is 2.51. The van der Waals surface area contributed by atoms with Crippen LogP contribution < -0.4 is 0 Å². The van der Waals surface area contributed by atoms with Crippen LogP contribution in [0.4, 0.5) is 0 Å². The van der Waals surface area contributed by atoms with Gasteiger partial charge in [0.25, 0.3) is 0 Å². The lowest BCUT2D eigenvalue weighted by Crippen LogP contribution is -2.43. The van der Waals surface area contributed by atoms with E-state index in [1.165, 1.54) is 14.2 Å². The first-order valence-electron chi connectivity index (χ1n) is 7.59. The van der Waals surface area contributed by atoms with Crippen LogP contribution in [-0.4, -0.2) is 43.6 Å². The summed E-state index contributed by atoms with van der Waals surface area (Å²) in [5.41, 5.74) is -0.652. The number of ketones is 1. The molecule has 0 aromatic carbocycles. The third-order valence-corrected chi connectivity index (χ3v) is 5.35. The van der Waals surface area contributed by atoms with E-state index in [9.17, 15) is 14.4 Å². The molecule has 22 heavy (non-hydrogen) atoms. The van der Waals surface area contributed by atoms with E-state index in [0.717, 1.165) is 12.8 Å². The van der Waals surface area contributed by atoms with Crippen LogP contribution in [0, 0.1) is 11.8 Å². The predicted molar refractivity (Wildman–Crippen MR) is 74.8 cm³/mol. The first-order valence-corrected chi connectivity index (χ1v) is 7.59. The zero-order chi connectivity index (χ0) is 16.1. The van der Waals surface area contributed by atoms with Gasteiger partial charge >= 0.3 is 11.9 Å². The van der Waals surface area contributed by atoms with Crippen molar-refractivity contribution in [1.82, 2.24) is 0 Å².